The molecule has 0 amide bonds. The first-order valence-corrected chi connectivity index (χ1v) is 6.11. The van der Waals surface area contributed by atoms with Crippen LogP contribution in [0.4, 0.5) is 4.39 Å². The molecule has 1 N–H and O–H groups in total. The lowest BCUT2D eigenvalue weighted by Gasteiger charge is -2.02. The van der Waals surface area contributed by atoms with Gasteiger partial charge < -0.3 is 5.11 Å². The summed E-state index contributed by atoms with van der Waals surface area (Å²) in [4.78, 5) is 15.7. The number of carboxylic acid groups (broad SMARTS) is 1. The summed E-state index contributed by atoms with van der Waals surface area (Å²) in [6.07, 6.45) is 1.09. The molecule has 3 rings (SSSR count). The van der Waals surface area contributed by atoms with Gasteiger partial charge in [-0.1, -0.05) is 29.8 Å². The van der Waals surface area contributed by atoms with E-state index in [1.54, 1.807) is 24.3 Å². The van der Waals surface area contributed by atoms with E-state index < -0.39 is 11.8 Å². The monoisotopic (exact) mass is 290 g/mol. The topological polar surface area (TPSA) is 54.6 Å². The van der Waals surface area contributed by atoms with Crippen molar-refractivity contribution in [3.8, 4) is 11.3 Å². The zero-order chi connectivity index (χ0) is 14.3. The molecule has 2 aromatic heterocycles. The van der Waals surface area contributed by atoms with Crippen LogP contribution in [0, 0.1) is 5.82 Å². The van der Waals surface area contributed by atoms with Crippen molar-refractivity contribution in [2.75, 3.05) is 0 Å². The van der Waals surface area contributed by atoms with Gasteiger partial charge in [0.2, 0.25) is 0 Å². The van der Waals surface area contributed by atoms with Gasteiger partial charge in [-0.15, -0.1) is 0 Å². The van der Waals surface area contributed by atoms with Gasteiger partial charge in [-0.3, -0.25) is 4.40 Å². The van der Waals surface area contributed by atoms with Crippen molar-refractivity contribution in [3.05, 3.63) is 59.1 Å². The molecule has 0 aliphatic rings. The summed E-state index contributed by atoms with van der Waals surface area (Å²) >= 11 is 6.08. The maximum absolute atomic E-state index is 13.3. The molecule has 0 fully saturated rings. The molecule has 4 nitrogen and oxygen atoms in total. The Hall–Kier alpha value is -2.40. The molecular weight excluding hydrogens is 283 g/mol. The Morgan fingerprint density at radius 1 is 1.25 bits per heavy atom. The van der Waals surface area contributed by atoms with Crippen LogP contribution in [0.15, 0.2) is 42.6 Å². The van der Waals surface area contributed by atoms with E-state index in [1.165, 1.54) is 16.5 Å². The van der Waals surface area contributed by atoms with Crippen LogP contribution in [-0.2, 0) is 0 Å². The van der Waals surface area contributed by atoms with Crippen molar-refractivity contribution in [2.45, 2.75) is 0 Å². The van der Waals surface area contributed by atoms with Crippen molar-refractivity contribution in [3.63, 3.8) is 0 Å². The number of halogens is 2. The van der Waals surface area contributed by atoms with E-state index in [1.807, 2.05) is 0 Å². The zero-order valence-corrected chi connectivity index (χ0v) is 10.8. The average molecular weight is 291 g/mol. The fourth-order valence-corrected chi connectivity index (χ4v) is 2.29. The molecule has 3 aromatic rings. The van der Waals surface area contributed by atoms with E-state index in [0.29, 0.717) is 16.2 Å². The predicted molar refractivity (Wildman–Crippen MR) is 72.6 cm³/mol. The van der Waals surface area contributed by atoms with Crippen LogP contribution in [0.2, 0.25) is 5.02 Å². The van der Waals surface area contributed by atoms with Crippen molar-refractivity contribution in [1.29, 1.82) is 0 Å². The fraction of sp³-hybridized carbons (Fsp3) is 0. The highest BCUT2D eigenvalue weighted by Crippen LogP contribution is 2.30. The molecule has 0 radical (unpaired) electrons. The number of aromatic nitrogens is 2. The first-order valence-electron chi connectivity index (χ1n) is 5.74. The third-order valence-electron chi connectivity index (χ3n) is 2.91. The zero-order valence-electron chi connectivity index (χ0n) is 10.0. The standard InChI is InChI=1S/C14H8ClFN2O2/c15-10-4-2-1-3-9(10)12-13(14(19)20)18-7-8(16)5-6-11(18)17-12/h1-7H,(H,19,20). The van der Waals surface area contributed by atoms with Gasteiger partial charge in [-0.25, -0.2) is 14.2 Å². The van der Waals surface area contributed by atoms with Crippen LogP contribution in [0.1, 0.15) is 10.5 Å². The van der Waals surface area contributed by atoms with Crippen molar-refractivity contribution in [2.24, 2.45) is 0 Å². The molecule has 0 saturated heterocycles. The number of rotatable bonds is 2. The lowest BCUT2D eigenvalue weighted by Crippen LogP contribution is -2.04. The second-order valence-corrected chi connectivity index (χ2v) is 4.58. The number of aromatic carboxylic acids is 1. The molecule has 6 heteroatoms. The molecular formula is C14H8ClFN2O2. The SMILES string of the molecule is O=C(O)c1c(-c2ccccc2Cl)nc2ccc(F)cn12. The smallest absolute Gasteiger partial charge is 0.355 e. The van der Waals surface area contributed by atoms with Gasteiger partial charge in [-0.05, 0) is 18.2 Å². The normalized spacial score (nSPS) is 10.9. The predicted octanol–water partition coefficient (Wildman–Crippen LogP) is 3.49. The molecule has 1 aromatic carbocycles. The molecule has 0 aliphatic carbocycles. The van der Waals surface area contributed by atoms with E-state index in [0.717, 1.165) is 6.20 Å². The summed E-state index contributed by atoms with van der Waals surface area (Å²) in [6.45, 7) is 0. The van der Waals surface area contributed by atoms with E-state index in [4.69, 9.17) is 11.6 Å². The molecule has 20 heavy (non-hydrogen) atoms. The number of imidazole rings is 1. The number of fused-ring (bicyclic) bond motifs is 1. The summed E-state index contributed by atoms with van der Waals surface area (Å²) in [7, 11) is 0. The summed E-state index contributed by atoms with van der Waals surface area (Å²) < 4.78 is 14.5. The van der Waals surface area contributed by atoms with Crippen LogP contribution in [0.25, 0.3) is 16.9 Å². The van der Waals surface area contributed by atoms with Crippen LogP contribution in [0.3, 0.4) is 0 Å². The lowest BCUT2D eigenvalue weighted by atomic mass is 10.1. The largest absolute Gasteiger partial charge is 0.476 e. The summed E-state index contributed by atoms with van der Waals surface area (Å²) in [5.41, 5.74) is 0.940. The first kappa shape index (κ1) is 12.6. The van der Waals surface area contributed by atoms with Crippen LogP contribution < -0.4 is 0 Å². The lowest BCUT2D eigenvalue weighted by molar-refractivity contribution is 0.0690. The minimum atomic E-state index is -1.20. The van der Waals surface area contributed by atoms with Crippen molar-refractivity contribution < 1.29 is 14.3 Å². The number of carbonyl (C=O) groups is 1. The van der Waals surface area contributed by atoms with Crippen LogP contribution in [0.5, 0.6) is 0 Å². The number of benzene rings is 1. The molecule has 0 unspecified atom stereocenters. The molecule has 0 aliphatic heterocycles. The Kier molecular flexibility index (Phi) is 2.91. The maximum Gasteiger partial charge on any atom is 0.355 e. The van der Waals surface area contributed by atoms with Gasteiger partial charge >= 0.3 is 5.97 Å². The minimum Gasteiger partial charge on any atom is -0.476 e. The summed E-state index contributed by atoms with van der Waals surface area (Å²) in [5.74, 6) is -1.74. The van der Waals surface area contributed by atoms with Gasteiger partial charge in [0, 0.05) is 11.8 Å². The van der Waals surface area contributed by atoms with E-state index in [2.05, 4.69) is 4.98 Å². The second kappa shape index (κ2) is 4.61. The van der Waals surface area contributed by atoms with Crippen molar-refractivity contribution >= 4 is 23.2 Å². The highest BCUT2D eigenvalue weighted by atomic mass is 35.5. The maximum atomic E-state index is 13.3. The Morgan fingerprint density at radius 2 is 2.00 bits per heavy atom. The molecule has 0 spiro atoms. The van der Waals surface area contributed by atoms with Gasteiger partial charge in [0.05, 0.1) is 5.02 Å². The van der Waals surface area contributed by atoms with Gasteiger partial charge in [0.25, 0.3) is 0 Å². The second-order valence-electron chi connectivity index (χ2n) is 4.17. The molecule has 0 saturated carbocycles. The fourth-order valence-electron chi connectivity index (χ4n) is 2.06. The van der Waals surface area contributed by atoms with E-state index in [-0.39, 0.29) is 11.4 Å². The van der Waals surface area contributed by atoms with Crippen molar-refractivity contribution in [1.82, 2.24) is 9.38 Å². The Bertz CT molecular complexity index is 829. The number of hydrogen-bond acceptors (Lipinski definition) is 2. The number of carboxylic acids is 1. The van der Waals surface area contributed by atoms with Gasteiger partial charge in [0.15, 0.2) is 5.69 Å². The van der Waals surface area contributed by atoms with E-state index in [9.17, 15) is 14.3 Å². The molecule has 0 bridgehead atoms. The Labute approximate surface area is 118 Å². The Morgan fingerprint density at radius 3 is 2.70 bits per heavy atom. The summed E-state index contributed by atoms with van der Waals surface area (Å²) in [5, 5.41) is 9.76. The molecule has 0 atom stereocenters. The first-order chi connectivity index (χ1) is 9.58. The highest BCUT2D eigenvalue weighted by Gasteiger charge is 2.21. The average Bonchev–Trinajstić information content (AvgIpc) is 2.77. The number of nitrogens with zero attached hydrogens (tertiary/aromatic N) is 2. The molecule has 2 heterocycles. The number of pyridine rings is 1. The van der Waals surface area contributed by atoms with Gasteiger partial charge in [0.1, 0.15) is 17.2 Å². The third kappa shape index (κ3) is 1.92. The summed E-state index contributed by atoms with van der Waals surface area (Å²) in [6, 6.07) is 9.44. The van der Waals surface area contributed by atoms with Crippen LogP contribution >= 0.6 is 11.6 Å². The minimum absolute atomic E-state index is 0.118. The van der Waals surface area contributed by atoms with Crippen LogP contribution in [-0.4, -0.2) is 20.5 Å². The molecule has 100 valence electrons. The third-order valence-corrected chi connectivity index (χ3v) is 3.24. The Balaban J connectivity index is 2.39. The quantitative estimate of drug-likeness (QED) is 0.786. The number of hydrogen-bond donors (Lipinski definition) is 1. The highest BCUT2D eigenvalue weighted by molar-refractivity contribution is 6.33. The van der Waals surface area contributed by atoms with E-state index >= 15 is 0 Å². The van der Waals surface area contributed by atoms with Gasteiger partial charge in [-0.2, -0.15) is 0 Å².